The minimum Gasteiger partial charge on any atom is -0.396 e. The zero-order valence-electron chi connectivity index (χ0n) is 8.90. The summed E-state index contributed by atoms with van der Waals surface area (Å²) in [6, 6.07) is 9.44. The van der Waals surface area contributed by atoms with Gasteiger partial charge >= 0.3 is 0 Å². The molecule has 0 fully saturated rings. The highest BCUT2D eigenvalue weighted by molar-refractivity contribution is 6.30. The summed E-state index contributed by atoms with van der Waals surface area (Å²) >= 11 is 5.54. The Labute approximate surface area is 96.5 Å². The van der Waals surface area contributed by atoms with Gasteiger partial charge in [0.1, 0.15) is 0 Å². The maximum atomic E-state index is 8.30. The zero-order valence-corrected chi connectivity index (χ0v) is 9.66. The normalized spacial score (nSPS) is 9.27. The molecule has 0 aliphatic rings. The minimum absolute atomic E-state index is 0.283. The van der Waals surface area contributed by atoms with E-state index in [1.165, 1.54) is 0 Å². The molecule has 0 saturated heterocycles. The van der Waals surface area contributed by atoms with Crippen LogP contribution in [0, 0.1) is 0 Å². The van der Waals surface area contributed by atoms with Crippen LogP contribution in [0.3, 0.4) is 0 Å². The molecule has 0 aliphatic heterocycles. The Bertz CT molecular complexity index is 208. The lowest BCUT2D eigenvalue weighted by molar-refractivity contribution is 0.265. The highest BCUT2D eigenvalue weighted by Crippen LogP contribution is 2.03. The molecule has 0 aliphatic carbocycles. The largest absolute Gasteiger partial charge is 0.396 e. The summed E-state index contributed by atoms with van der Waals surface area (Å²) in [5, 5.41) is 17.4. The monoisotopic (exact) mass is 230 g/mol. The zero-order chi connectivity index (χ0) is 11.4. The van der Waals surface area contributed by atoms with Crippen LogP contribution < -0.4 is 0 Å². The molecule has 0 bridgehead atoms. The van der Waals surface area contributed by atoms with Crippen LogP contribution in [0.1, 0.15) is 25.7 Å². The van der Waals surface area contributed by atoms with E-state index in [0.29, 0.717) is 0 Å². The van der Waals surface area contributed by atoms with Gasteiger partial charge in [-0.3, -0.25) is 0 Å². The second kappa shape index (κ2) is 11.5. The van der Waals surface area contributed by atoms with Gasteiger partial charge in [-0.2, -0.15) is 0 Å². The average molecular weight is 231 g/mol. The Balaban J connectivity index is 0.000000262. The fourth-order valence-electron chi connectivity index (χ4n) is 0.992. The molecule has 0 amide bonds. The molecule has 0 saturated carbocycles. The van der Waals surface area contributed by atoms with Crippen LogP contribution in [-0.4, -0.2) is 23.4 Å². The molecule has 2 nitrogen and oxygen atoms in total. The first kappa shape index (κ1) is 14.4. The van der Waals surface area contributed by atoms with Crippen LogP contribution >= 0.6 is 11.6 Å². The summed E-state index contributed by atoms with van der Waals surface area (Å²) in [7, 11) is 0. The number of hydrogen-bond acceptors (Lipinski definition) is 2. The van der Waals surface area contributed by atoms with E-state index in [-0.39, 0.29) is 13.2 Å². The average Bonchev–Trinajstić information content (AvgIpc) is 2.27. The van der Waals surface area contributed by atoms with Gasteiger partial charge in [0.25, 0.3) is 0 Å². The topological polar surface area (TPSA) is 40.5 Å². The maximum Gasteiger partial charge on any atom is 0.0431 e. The number of benzene rings is 1. The Hall–Kier alpha value is -0.570. The summed E-state index contributed by atoms with van der Waals surface area (Å²) in [5.41, 5.74) is 0. The maximum absolute atomic E-state index is 8.30. The van der Waals surface area contributed by atoms with Crippen LogP contribution in [0.5, 0.6) is 0 Å². The number of hydrogen-bond donors (Lipinski definition) is 2. The molecule has 1 aromatic rings. The van der Waals surface area contributed by atoms with E-state index in [0.717, 1.165) is 30.7 Å². The molecule has 86 valence electrons. The van der Waals surface area contributed by atoms with Crippen LogP contribution in [0.4, 0.5) is 0 Å². The number of halogens is 1. The Morgan fingerprint density at radius 2 is 1.27 bits per heavy atom. The highest BCUT2D eigenvalue weighted by Gasteiger charge is 1.84. The molecule has 15 heavy (non-hydrogen) atoms. The molecule has 0 aromatic heterocycles. The van der Waals surface area contributed by atoms with E-state index < -0.39 is 0 Å². The smallest absolute Gasteiger partial charge is 0.0431 e. The number of unbranched alkanes of at least 4 members (excludes halogenated alkanes) is 3. The van der Waals surface area contributed by atoms with Gasteiger partial charge in [-0.25, -0.2) is 0 Å². The Kier molecular flexibility index (Phi) is 11.1. The standard InChI is InChI=1S/C6H5Cl.C6H14O2/c7-6-4-2-1-3-5-6;7-5-3-1-2-4-6-8/h1-5H;7-8H,1-6H2. The molecule has 2 N–H and O–H groups in total. The Morgan fingerprint density at radius 1 is 0.800 bits per heavy atom. The Morgan fingerprint density at radius 3 is 1.53 bits per heavy atom. The summed E-state index contributed by atoms with van der Waals surface area (Å²) in [5.74, 6) is 0. The van der Waals surface area contributed by atoms with Gasteiger partial charge in [-0.15, -0.1) is 0 Å². The lowest BCUT2D eigenvalue weighted by atomic mass is 10.2. The van der Waals surface area contributed by atoms with Gasteiger partial charge in [0.2, 0.25) is 0 Å². The molecule has 0 spiro atoms. The van der Waals surface area contributed by atoms with Gasteiger partial charge < -0.3 is 10.2 Å². The van der Waals surface area contributed by atoms with E-state index in [9.17, 15) is 0 Å². The van der Waals surface area contributed by atoms with Gasteiger partial charge in [0.05, 0.1) is 0 Å². The first-order chi connectivity index (χ1) is 7.31. The van der Waals surface area contributed by atoms with Crippen LogP contribution in [0.2, 0.25) is 5.02 Å². The summed E-state index contributed by atoms with van der Waals surface area (Å²) < 4.78 is 0. The molecule has 1 aromatic carbocycles. The van der Waals surface area contributed by atoms with Crippen molar-refractivity contribution in [2.75, 3.05) is 13.2 Å². The molecule has 0 radical (unpaired) electrons. The van der Waals surface area contributed by atoms with Gasteiger partial charge in [0.15, 0.2) is 0 Å². The van der Waals surface area contributed by atoms with E-state index in [1.807, 2.05) is 30.3 Å². The van der Waals surface area contributed by atoms with Crippen molar-refractivity contribution in [2.45, 2.75) is 25.7 Å². The molecule has 1 rings (SSSR count). The van der Waals surface area contributed by atoms with Gasteiger partial charge in [0, 0.05) is 18.2 Å². The van der Waals surface area contributed by atoms with E-state index in [2.05, 4.69) is 0 Å². The molecule has 3 heteroatoms. The summed E-state index contributed by atoms with van der Waals surface area (Å²) in [6.07, 6.45) is 3.83. The summed E-state index contributed by atoms with van der Waals surface area (Å²) in [6.45, 7) is 0.566. The van der Waals surface area contributed by atoms with E-state index >= 15 is 0 Å². The van der Waals surface area contributed by atoms with Crippen LogP contribution in [-0.2, 0) is 0 Å². The number of aliphatic hydroxyl groups excluding tert-OH is 2. The van der Waals surface area contributed by atoms with Crippen molar-refractivity contribution in [3.63, 3.8) is 0 Å². The van der Waals surface area contributed by atoms with Gasteiger partial charge in [-0.1, -0.05) is 42.6 Å². The van der Waals surface area contributed by atoms with Crippen molar-refractivity contribution in [1.29, 1.82) is 0 Å². The van der Waals surface area contributed by atoms with Crippen molar-refractivity contribution >= 4 is 11.6 Å². The van der Waals surface area contributed by atoms with Crippen molar-refractivity contribution in [2.24, 2.45) is 0 Å². The lowest BCUT2D eigenvalue weighted by Crippen LogP contribution is -1.85. The van der Waals surface area contributed by atoms with Crippen molar-refractivity contribution in [1.82, 2.24) is 0 Å². The van der Waals surface area contributed by atoms with E-state index in [4.69, 9.17) is 21.8 Å². The van der Waals surface area contributed by atoms with Gasteiger partial charge in [-0.05, 0) is 25.0 Å². The molecule has 0 atom stereocenters. The number of aliphatic hydroxyl groups is 2. The lowest BCUT2D eigenvalue weighted by Gasteiger charge is -1.93. The fraction of sp³-hybridized carbons (Fsp3) is 0.500. The van der Waals surface area contributed by atoms with Crippen LogP contribution in [0.15, 0.2) is 30.3 Å². The molecule has 0 unspecified atom stereocenters. The first-order valence-electron chi connectivity index (χ1n) is 5.23. The highest BCUT2D eigenvalue weighted by atomic mass is 35.5. The SMILES string of the molecule is Clc1ccccc1.OCCCCCCO. The second-order valence-corrected chi connectivity index (χ2v) is 3.59. The minimum atomic E-state index is 0.283. The number of rotatable bonds is 5. The quantitative estimate of drug-likeness (QED) is 0.764. The first-order valence-corrected chi connectivity index (χ1v) is 5.61. The fourth-order valence-corrected chi connectivity index (χ4v) is 1.14. The van der Waals surface area contributed by atoms with E-state index in [1.54, 1.807) is 0 Å². The second-order valence-electron chi connectivity index (χ2n) is 3.16. The third kappa shape index (κ3) is 11.4. The summed E-state index contributed by atoms with van der Waals surface area (Å²) in [4.78, 5) is 0. The molecule has 0 heterocycles. The third-order valence-electron chi connectivity index (χ3n) is 1.80. The molecular weight excluding hydrogens is 212 g/mol. The predicted octanol–water partition coefficient (Wildman–Crippen LogP) is 2.87. The van der Waals surface area contributed by atoms with Crippen molar-refractivity contribution in [3.05, 3.63) is 35.4 Å². The van der Waals surface area contributed by atoms with Crippen molar-refractivity contribution < 1.29 is 10.2 Å². The molecular formula is C12H19ClO2. The van der Waals surface area contributed by atoms with Crippen LogP contribution in [0.25, 0.3) is 0 Å². The third-order valence-corrected chi connectivity index (χ3v) is 2.05. The predicted molar refractivity (Wildman–Crippen MR) is 64.1 cm³/mol. The van der Waals surface area contributed by atoms with Crippen molar-refractivity contribution in [3.8, 4) is 0 Å².